The zero-order valence-corrected chi connectivity index (χ0v) is 13.6. The zero-order chi connectivity index (χ0) is 20.4. The molecule has 2 rings (SSSR count). The molecule has 2 aromatic carbocycles. The minimum absolute atomic E-state index is 0.0586. The van der Waals surface area contributed by atoms with E-state index in [2.05, 4.69) is 5.32 Å². The molecule has 0 aliphatic heterocycles. The Morgan fingerprint density at radius 1 is 0.963 bits per heavy atom. The summed E-state index contributed by atoms with van der Waals surface area (Å²) in [4.78, 5) is 12.0. The lowest BCUT2D eigenvalue weighted by molar-refractivity contribution is -0.143. The number of benzene rings is 2. The molecule has 0 aromatic heterocycles. The van der Waals surface area contributed by atoms with E-state index in [-0.39, 0.29) is 11.8 Å². The number of para-hydroxylation sites is 1. The lowest BCUT2D eigenvalue weighted by atomic mass is 10.1. The molecule has 146 valence electrons. The summed E-state index contributed by atoms with van der Waals surface area (Å²) in [5.41, 5.74) is -3.36. The lowest BCUT2D eigenvalue weighted by Crippen LogP contribution is -2.30. The second-order valence-corrected chi connectivity index (χ2v) is 5.47. The highest BCUT2D eigenvalue weighted by atomic mass is 19.4. The molecule has 0 saturated heterocycles. The lowest BCUT2D eigenvalue weighted by Gasteiger charge is -2.18. The van der Waals surface area contributed by atoms with Crippen molar-refractivity contribution in [3.63, 3.8) is 0 Å². The summed E-state index contributed by atoms with van der Waals surface area (Å²) in [6.07, 6.45) is -11.6. The standard InChI is InChI=1S/C17H12F7NO2/c1-9(15(26)25-14-5-3-2-4-13(14)18)27-12-7-10(16(19,20)21)6-11(8-12)17(22,23)24/h2-9H,1H3,(H,25,26). The van der Waals surface area contributed by atoms with Crippen LogP contribution in [0.1, 0.15) is 18.1 Å². The average Bonchev–Trinajstić information content (AvgIpc) is 2.55. The molecule has 27 heavy (non-hydrogen) atoms. The van der Waals surface area contributed by atoms with E-state index in [4.69, 9.17) is 4.74 Å². The van der Waals surface area contributed by atoms with Gasteiger partial charge in [0.25, 0.3) is 5.91 Å². The van der Waals surface area contributed by atoms with Gasteiger partial charge in [-0.15, -0.1) is 0 Å². The van der Waals surface area contributed by atoms with Crippen LogP contribution in [0.2, 0.25) is 0 Å². The predicted octanol–water partition coefficient (Wildman–Crippen LogP) is 5.27. The topological polar surface area (TPSA) is 38.3 Å². The quantitative estimate of drug-likeness (QED) is 0.717. The van der Waals surface area contributed by atoms with Gasteiger partial charge in [-0.3, -0.25) is 4.79 Å². The first-order valence-corrected chi connectivity index (χ1v) is 7.39. The van der Waals surface area contributed by atoms with E-state index in [1.807, 2.05) is 0 Å². The Hall–Kier alpha value is -2.78. The van der Waals surface area contributed by atoms with Gasteiger partial charge in [-0.25, -0.2) is 4.39 Å². The fourth-order valence-corrected chi connectivity index (χ4v) is 2.05. The number of amides is 1. The first kappa shape index (κ1) is 20.5. The summed E-state index contributed by atoms with van der Waals surface area (Å²) < 4.78 is 95.3. The Morgan fingerprint density at radius 2 is 1.48 bits per heavy atom. The number of alkyl halides is 6. The first-order chi connectivity index (χ1) is 12.4. The molecule has 0 heterocycles. The highest BCUT2D eigenvalue weighted by molar-refractivity contribution is 5.94. The minimum atomic E-state index is -5.04. The normalized spacial score (nSPS) is 13.2. The molecular formula is C17H12F7NO2. The summed E-state index contributed by atoms with van der Waals surface area (Å²) in [7, 11) is 0. The smallest absolute Gasteiger partial charge is 0.416 e. The molecule has 0 spiro atoms. The van der Waals surface area contributed by atoms with Crippen LogP contribution in [0.5, 0.6) is 5.75 Å². The summed E-state index contributed by atoms with van der Waals surface area (Å²) in [5, 5.41) is 2.14. The average molecular weight is 395 g/mol. The van der Waals surface area contributed by atoms with Crippen molar-refractivity contribution in [3.8, 4) is 5.75 Å². The Bertz CT molecular complexity index is 799. The van der Waals surface area contributed by atoms with Gasteiger partial charge in [0.1, 0.15) is 11.6 Å². The van der Waals surface area contributed by atoms with E-state index >= 15 is 0 Å². The number of ether oxygens (including phenoxy) is 1. The molecule has 2 aromatic rings. The monoisotopic (exact) mass is 395 g/mol. The molecule has 0 aliphatic rings. The fraction of sp³-hybridized carbons (Fsp3) is 0.235. The second kappa shape index (κ2) is 7.45. The van der Waals surface area contributed by atoms with Gasteiger partial charge in [0.05, 0.1) is 16.8 Å². The number of carbonyl (C=O) groups excluding carboxylic acids is 1. The van der Waals surface area contributed by atoms with Crippen LogP contribution < -0.4 is 10.1 Å². The van der Waals surface area contributed by atoms with Gasteiger partial charge in [0.15, 0.2) is 6.10 Å². The van der Waals surface area contributed by atoms with Crippen LogP contribution >= 0.6 is 0 Å². The zero-order valence-electron chi connectivity index (χ0n) is 13.6. The Labute approximate surface area is 148 Å². The largest absolute Gasteiger partial charge is 0.481 e. The second-order valence-electron chi connectivity index (χ2n) is 5.47. The van der Waals surface area contributed by atoms with Crippen molar-refractivity contribution in [2.75, 3.05) is 5.32 Å². The fourth-order valence-electron chi connectivity index (χ4n) is 2.05. The highest BCUT2D eigenvalue weighted by Gasteiger charge is 2.37. The van der Waals surface area contributed by atoms with Crippen LogP contribution in [-0.4, -0.2) is 12.0 Å². The van der Waals surface area contributed by atoms with Gasteiger partial charge >= 0.3 is 12.4 Å². The summed E-state index contributed by atoms with van der Waals surface area (Å²) in [6, 6.07) is 5.72. The van der Waals surface area contributed by atoms with Gasteiger partial charge < -0.3 is 10.1 Å². The van der Waals surface area contributed by atoms with Crippen molar-refractivity contribution in [1.82, 2.24) is 0 Å². The molecule has 3 nitrogen and oxygen atoms in total. The third-order valence-corrected chi connectivity index (χ3v) is 3.37. The van der Waals surface area contributed by atoms with E-state index in [1.54, 1.807) is 0 Å². The van der Waals surface area contributed by atoms with Crippen molar-refractivity contribution >= 4 is 11.6 Å². The van der Waals surface area contributed by atoms with Gasteiger partial charge in [0, 0.05) is 0 Å². The van der Waals surface area contributed by atoms with Crippen molar-refractivity contribution in [3.05, 3.63) is 59.4 Å². The van der Waals surface area contributed by atoms with Crippen LogP contribution in [0, 0.1) is 5.82 Å². The van der Waals surface area contributed by atoms with E-state index in [1.165, 1.54) is 18.2 Å². The Morgan fingerprint density at radius 3 is 1.96 bits per heavy atom. The van der Waals surface area contributed by atoms with Crippen molar-refractivity contribution < 1.29 is 40.3 Å². The maximum absolute atomic E-state index is 13.5. The maximum atomic E-state index is 13.5. The molecule has 0 aliphatic carbocycles. The third-order valence-electron chi connectivity index (χ3n) is 3.37. The van der Waals surface area contributed by atoms with E-state index in [9.17, 15) is 35.5 Å². The van der Waals surface area contributed by atoms with Crippen LogP contribution in [-0.2, 0) is 17.1 Å². The van der Waals surface area contributed by atoms with Gasteiger partial charge in [-0.2, -0.15) is 26.3 Å². The molecule has 1 unspecified atom stereocenters. The number of hydrogen-bond donors (Lipinski definition) is 1. The van der Waals surface area contributed by atoms with Crippen LogP contribution in [0.3, 0.4) is 0 Å². The molecule has 0 saturated carbocycles. The number of carbonyl (C=O) groups is 1. The van der Waals surface area contributed by atoms with Crippen molar-refractivity contribution in [2.45, 2.75) is 25.4 Å². The molecule has 1 atom stereocenters. The third kappa shape index (κ3) is 5.35. The SMILES string of the molecule is CC(Oc1cc(C(F)(F)F)cc(C(F)(F)F)c1)C(=O)Nc1ccccc1F. The summed E-state index contributed by atoms with van der Waals surface area (Å²) in [5.74, 6) is -2.52. The van der Waals surface area contributed by atoms with Gasteiger partial charge in [0.2, 0.25) is 0 Å². The van der Waals surface area contributed by atoms with Crippen LogP contribution in [0.4, 0.5) is 36.4 Å². The molecule has 0 bridgehead atoms. The Balaban J connectivity index is 2.24. The molecular weight excluding hydrogens is 383 g/mol. The maximum Gasteiger partial charge on any atom is 0.416 e. The van der Waals surface area contributed by atoms with Crippen molar-refractivity contribution in [2.24, 2.45) is 0 Å². The Kier molecular flexibility index (Phi) is 5.67. The minimum Gasteiger partial charge on any atom is -0.481 e. The molecule has 1 amide bonds. The van der Waals surface area contributed by atoms with E-state index in [0.29, 0.717) is 12.1 Å². The van der Waals surface area contributed by atoms with Gasteiger partial charge in [-0.05, 0) is 37.3 Å². The number of nitrogens with one attached hydrogen (secondary N) is 1. The molecule has 0 fully saturated rings. The van der Waals surface area contributed by atoms with E-state index < -0.39 is 47.1 Å². The predicted molar refractivity (Wildman–Crippen MR) is 81.6 cm³/mol. The molecule has 0 radical (unpaired) electrons. The van der Waals surface area contributed by atoms with Crippen molar-refractivity contribution in [1.29, 1.82) is 0 Å². The van der Waals surface area contributed by atoms with Crippen LogP contribution in [0.15, 0.2) is 42.5 Å². The van der Waals surface area contributed by atoms with E-state index in [0.717, 1.165) is 13.0 Å². The number of rotatable bonds is 4. The molecule has 1 N–H and O–H groups in total. The summed E-state index contributed by atoms with van der Waals surface area (Å²) >= 11 is 0. The summed E-state index contributed by atoms with van der Waals surface area (Å²) in [6.45, 7) is 1.10. The number of anilines is 1. The highest BCUT2D eigenvalue weighted by Crippen LogP contribution is 2.38. The van der Waals surface area contributed by atoms with Gasteiger partial charge in [-0.1, -0.05) is 12.1 Å². The number of halogens is 7. The number of hydrogen-bond acceptors (Lipinski definition) is 2. The first-order valence-electron chi connectivity index (χ1n) is 7.39. The molecule has 10 heteroatoms. The van der Waals surface area contributed by atoms with Crippen LogP contribution in [0.25, 0.3) is 0 Å².